The van der Waals surface area contributed by atoms with Crippen LogP contribution in [-0.2, 0) is 9.53 Å². The average molecular weight is 388 g/mol. The molecule has 0 radical (unpaired) electrons. The van der Waals surface area contributed by atoms with Crippen LogP contribution in [0.25, 0.3) is 0 Å². The van der Waals surface area contributed by atoms with Crippen LogP contribution in [0.5, 0.6) is 0 Å². The van der Waals surface area contributed by atoms with Gasteiger partial charge >= 0.3 is 12.0 Å². The Labute approximate surface area is 150 Å². The van der Waals surface area contributed by atoms with E-state index in [-0.39, 0.29) is 5.97 Å². The lowest BCUT2D eigenvalue weighted by atomic mass is 10.1. The summed E-state index contributed by atoms with van der Waals surface area (Å²) >= 11 is 17.5. The molecule has 0 aromatic carbocycles. The molecule has 130 valence electrons. The van der Waals surface area contributed by atoms with Crippen LogP contribution in [0.1, 0.15) is 71.1 Å². The molecule has 0 aliphatic carbocycles. The molecule has 0 aliphatic heterocycles. The number of hydrogen-bond donors (Lipinski definition) is 0. The summed E-state index contributed by atoms with van der Waals surface area (Å²) in [4.78, 5) is 11.1. The van der Waals surface area contributed by atoms with Gasteiger partial charge in [0.1, 0.15) is 0 Å². The Balaban J connectivity index is 3.15. The van der Waals surface area contributed by atoms with E-state index in [0.29, 0.717) is 12.2 Å². The molecule has 0 saturated heterocycles. The second-order valence-corrected chi connectivity index (χ2v) is 15.1. The molecule has 0 aromatic rings. The van der Waals surface area contributed by atoms with E-state index in [2.05, 4.69) is 6.58 Å². The summed E-state index contributed by atoms with van der Waals surface area (Å²) in [5, 5.41) is 0. The van der Waals surface area contributed by atoms with Crippen LogP contribution in [0.2, 0.25) is 6.04 Å². The number of carbonyl (C=O) groups excluding carboxylic acids is 1. The fourth-order valence-corrected chi connectivity index (χ4v) is 3.98. The van der Waals surface area contributed by atoms with E-state index < -0.39 is 6.00 Å². The molecular formula is C16H29Cl3O2Si. The monoisotopic (exact) mass is 386 g/mol. The van der Waals surface area contributed by atoms with Crippen LogP contribution in [-0.4, -0.2) is 18.6 Å². The van der Waals surface area contributed by atoms with Crippen molar-refractivity contribution in [2.75, 3.05) is 6.61 Å². The molecule has 0 aliphatic rings. The zero-order valence-corrected chi connectivity index (χ0v) is 16.9. The van der Waals surface area contributed by atoms with Crippen molar-refractivity contribution in [3.05, 3.63) is 12.2 Å². The minimum Gasteiger partial charge on any atom is -0.462 e. The van der Waals surface area contributed by atoms with E-state index in [1.54, 1.807) is 6.92 Å². The molecule has 0 spiro atoms. The Morgan fingerprint density at radius 3 is 1.68 bits per heavy atom. The summed E-state index contributed by atoms with van der Waals surface area (Å²) in [6.07, 6.45) is 11.8. The van der Waals surface area contributed by atoms with Gasteiger partial charge in [0, 0.05) is 5.57 Å². The van der Waals surface area contributed by atoms with Crippen LogP contribution in [0.4, 0.5) is 0 Å². The third-order valence-corrected chi connectivity index (χ3v) is 6.06. The highest BCUT2D eigenvalue weighted by Crippen LogP contribution is 2.27. The third kappa shape index (κ3) is 16.7. The maximum Gasteiger partial charge on any atom is 0.341 e. The van der Waals surface area contributed by atoms with Crippen LogP contribution in [0, 0.1) is 0 Å². The summed E-state index contributed by atoms with van der Waals surface area (Å²) in [6, 6.07) is -1.60. The Bertz CT molecular complexity index is 317. The molecule has 6 heteroatoms. The van der Waals surface area contributed by atoms with Crippen LogP contribution in [0.15, 0.2) is 12.2 Å². The van der Waals surface area contributed by atoms with Gasteiger partial charge in [0.05, 0.1) is 6.61 Å². The van der Waals surface area contributed by atoms with Gasteiger partial charge in [-0.3, -0.25) is 0 Å². The van der Waals surface area contributed by atoms with E-state index >= 15 is 0 Å². The van der Waals surface area contributed by atoms with E-state index in [4.69, 9.17) is 38.0 Å². The van der Waals surface area contributed by atoms with Gasteiger partial charge in [-0.15, -0.1) is 33.2 Å². The number of halogens is 3. The Morgan fingerprint density at radius 1 is 0.864 bits per heavy atom. The largest absolute Gasteiger partial charge is 0.462 e. The van der Waals surface area contributed by atoms with Gasteiger partial charge in [-0.25, -0.2) is 4.79 Å². The van der Waals surface area contributed by atoms with E-state index in [9.17, 15) is 4.79 Å². The van der Waals surface area contributed by atoms with Gasteiger partial charge in [-0.2, -0.15) is 0 Å². The number of rotatable bonds is 14. The van der Waals surface area contributed by atoms with Gasteiger partial charge in [-0.1, -0.05) is 64.4 Å². The van der Waals surface area contributed by atoms with Gasteiger partial charge in [0.25, 0.3) is 0 Å². The number of esters is 1. The summed E-state index contributed by atoms with van der Waals surface area (Å²) < 4.78 is 5.05. The molecule has 0 heterocycles. The zero-order valence-electron chi connectivity index (χ0n) is 13.6. The molecule has 0 N–H and O–H groups in total. The molecule has 0 saturated carbocycles. The maximum atomic E-state index is 11.1. The highest BCUT2D eigenvalue weighted by Gasteiger charge is 2.23. The smallest absolute Gasteiger partial charge is 0.341 e. The van der Waals surface area contributed by atoms with Crippen molar-refractivity contribution in [2.45, 2.75) is 77.2 Å². The molecule has 0 aromatic heterocycles. The SMILES string of the molecule is C=C(C)C(=O)OCCCCCCCCCCCC[Si](Cl)(Cl)Cl. The first kappa shape index (κ1) is 22.3. The summed E-state index contributed by atoms with van der Waals surface area (Å²) in [5.74, 6) is -0.280. The first-order valence-electron chi connectivity index (χ1n) is 8.22. The minimum absolute atomic E-state index is 0.280. The Hall–Kier alpha value is 0.297. The van der Waals surface area contributed by atoms with Gasteiger partial charge in [0.15, 0.2) is 0 Å². The third-order valence-electron chi connectivity index (χ3n) is 3.44. The van der Waals surface area contributed by atoms with E-state index in [1.165, 1.54) is 44.9 Å². The fourth-order valence-electron chi connectivity index (χ4n) is 2.13. The van der Waals surface area contributed by atoms with Crippen LogP contribution in [0.3, 0.4) is 0 Å². The van der Waals surface area contributed by atoms with Crippen molar-refractivity contribution in [1.82, 2.24) is 0 Å². The molecule has 2 nitrogen and oxygen atoms in total. The lowest BCUT2D eigenvalue weighted by molar-refractivity contribution is -0.139. The second-order valence-electron chi connectivity index (χ2n) is 5.82. The Kier molecular flexibility index (Phi) is 13.9. The van der Waals surface area contributed by atoms with E-state index in [0.717, 1.165) is 25.3 Å². The molecule has 0 amide bonds. The number of hydrogen-bond acceptors (Lipinski definition) is 2. The minimum atomic E-state index is -2.39. The van der Waals surface area contributed by atoms with Gasteiger partial charge < -0.3 is 4.74 Å². The van der Waals surface area contributed by atoms with Crippen molar-refractivity contribution in [3.63, 3.8) is 0 Å². The topological polar surface area (TPSA) is 26.3 Å². The van der Waals surface area contributed by atoms with Crippen molar-refractivity contribution in [1.29, 1.82) is 0 Å². The lowest BCUT2D eigenvalue weighted by Crippen LogP contribution is -2.07. The summed E-state index contributed by atoms with van der Waals surface area (Å²) in [7, 11) is 0. The number of ether oxygens (including phenoxy) is 1. The molecule has 0 atom stereocenters. The lowest BCUT2D eigenvalue weighted by Gasteiger charge is -2.07. The van der Waals surface area contributed by atoms with Crippen molar-refractivity contribution in [3.8, 4) is 0 Å². The van der Waals surface area contributed by atoms with Crippen molar-refractivity contribution < 1.29 is 9.53 Å². The zero-order chi connectivity index (χ0) is 16.8. The fraction of sp³-hybridized carbons (Fsp3) is 0.812. The van der Waals surface area contributed by atoms with Gasteiger partial charge in [0.2, 0.25) is 0 Å². The Morgan fingerprint density at radius 2 is 1.27 bits per heavy atom. The van der Waals surface area contributed by atoms with Crippen LogP contribution < -0.4 is 0 Å². The molecule has 0 unspecified atom stereocenters. The maximum absolute atomic E-state index is 11.1. The molecule has 0 bridgehead atoms. The molecule has 0 fully saturated rings. The van der Waals surface area contributed by atoms with E-state index in [1.807, 2.05) is 0 Å². The number of unbranched alkanes of at least 4 members (excludes halogenated alkanes) is 9. The molecular weight excluding hydrogens is 359 g/mol. The normalized spacial score (nSPS) is 11.5. The summed E-state index contributed by atoms with van der Waals surface area (Å²) in [6.45, 7) is 5.73. The van der Waals surface area contributed by atoms with Gasteiger partial charge in [-0.05, 0) is 19.4 Å². The highest BCUT2D eigenvalue weighted by atomic mass is 35.8. The molecule has 22 heavy (non-hydrogen) atoms. The first-order chi connectivity index (χ1) is 10.3. The quantitative estimate of drug-likeness (QED) is 0.109. The van der Waals surface area contributed by atoms with Crippen molar-refractivity contribution >= 4 is 45.2 Å². The second kappa shape index (κ2) is 13.7. The number of carbonyl (C=O) groups is 1. The average Bonchev–Trinajstić information content (AvgIpc) is 2.42. The summed E-state index contributed by atoms with van der Waals surface area (Å²) in [5.41, 5.74) is 0.469. The first-order valence-corrected chi connectivity index (χ1v) is 13.5. The highest BCUT2D eigenvalue weighted by molar-refractivity contribution is 7.64. The van der Waals surface area contributed by atoms with Crippen LogP contribution >= 0.6 is 33.2 Å². The standard InChI is InChI=1S/C16H29Cl3O2Si/c1-15(2)16(20)21-13-11-9-7-5-3-4-6-8-10-12-14-22(17,18)19/h1,3-14H2,2H3. The molecule has 0 rings (SSSR count). The van der Waals surface area contributed by atoms with Crippen molar-refractivity contribution in [2.24, 2.45) is 0 Å². The predicted molar refractivity (Wildman–Crippen MR) is 100 cm³/mol. The predicted octanol–water partition coefficient (Wildman–Crippen LogP) is 6.66.